The molecule has 3 heterocycles. The van der Waals surface area contributed by atoms with Gasteiger partial charge in [0.25, 0.3) is 0 Å². The average molecular weight is 454 g/mol. The molecule has 0 unspecified atom stereocenters. The molecule has 0 amide bonds. The highest BCUT2D eigenvalue weighted by Crippen LogP contribution is 2.37. The van der Waals surface area contributed by atoms with Gasteiger partial charge in [-0.3, -0.25) is 4.98 Å². The second-order valence-electron chi connectivity index (χ2n) is 6.78. The Kier molecular flexibility index (Phi) is 6.39. The van der Waals surface area contributed by atoms with Crippen LogP contribution in [0.4, 0.5) is 5.95 Å². The number of anilines is 1. The number of allylic oxidation sites excluding steroid dienone is 1. The van der Waals surface area contributed by atoms with Crippen molar-refractivity contribution in [2.75, 3.05) is 11.9 Å². The predicted octanol–water partition coefficient (Wildman–Crippen LogP) is 4.64. The molecule has 0 radical (unpaired) electrons. The highest BCUT2D eigenvalue weighted by molar-refractivity contribution is 7.98. The van der Waals surface area contributed by atoms with Crippen LogP contribution < -0.4 is 5.32 Å². The molecule has 1 N–H and O–H groups in total. The number of ether oxygens (including phenoxy) is 1. The average Bonchev–Trinajstić information content (AvgIpc) is 3.18. The molecule has 0 aliphatic carbocycles. The van der Waals surface area contributed by atoms with E-state index in [0.29, 0.717) is 33.2 Å². The molecule has 1 atom stereocenters. The van der Waals surface area contributed by atoms with Crippen LogP contribution in [-0.4, -0.2) is 32.3 Å². The Hall–Kier alpha value is -3.10. The third-order valence-electron chi connectivity index (χ3n) is 4.72. The highest BCUT2D eigenvalue weighted by atomic mass is 35.5. The maximum Gasteiger partial charge on any atom is 0.338 e. The number of fused-ring (bicyclic) bond motifs is 1. The Balaban J connectivity index is 1.67. The van der Waals surface area contributed by atoms with Crippen molar-refractivity contribution in [1.29, 1.82) is 0 Å². The summed E-state index contributed by atoms with van der Waals surface area (Å²) in [5.41, 5.74) is 2.99. The largest absolute Gasteiger partial charge is 0.458 e. The number of nitrogens with zero attached hydrogens (tertiary/aromatic N) is 4. The van der Waals surface area contributed by atoms with Crippen molar-refractivity contribution in [3.8, 4) is 0 Å². The Morgan fingerprint density at radius 3 is 2.84 bits per heavy atom. The lowest BCUT2D eigenvalue weighted by Gasteiger charge is -2.27. The van der Waals surface area contributed by atoms with Crippen molar-refractivity contribution in [3.05, 3.63) is 88.9 Å². The van der Waals surface area contributed by atoms with Crippen LogP contribution in [0, 0.1) is 0 Å². The first kappa shape index (κ1) is 21.1. The fourth-order valence-corrected chi connectivity index (χ4v) is 4.40. The third-order valence-corrected chi connectivity index (χ3v) is 5.98. The molecule has 3 aromatic rings. The molecule has 1 aliphatic heterocycles. The molecule has 0 bridgehead atoms. The van der Waals surface area contributed by atoms with Crippen molar-refractivity contribution in [2.24, 2.45) is 0 Å². The van der Waals surface area contributed by atoms with E-state index in [9.17, 15) is 4.79 Å². The van der Waals surface area contributed by atoms with Crippen molar-refractivity contribution >= 4 is 35.3 Å². The van der Waals surface area contributed by atoms with Crippen LogP contribution in [0.15, 0.2) is 77.9 Å². The molecular weight excluding hydrogens is 434 g/mol. The van der Waals surface area contributed by atoms with Crippen molar-refractivity contribution < 1.29 is 9.53 Å². The van der Waals surface area contributed by atoms with Crippen LogP contribution in [0.3, 0.4) is 0 Å². The van der Waals surface area contributed by atoms with E-state index in [0.717, 1.165) is 11.1 Å². The maximum atomic E-state index is 12.9. The molecule has 31 heavy (non-hydrogen) atoms. The molecule has 1 aliphatic rings. The summed E-state index contributed by atoms with van der Waals surface area (Å²) < 4.78 is 7.05. The maximum absolute atomic E-state index is 12.9. The molecule has 0 saturated carbocycles. The lowest BCUT2D eigenvalue weighted by atomic mass is 9.97. The molecule has 9 heteroatoms. The lowest BCUT2D eigenvalue weighted by Crippen LogP contribution is -2.29. The summed E-state index contributed by atoms with van der Waals surface area (Å²) in [5, 5.41) is 9.15. The number of nitrogens with one attached hydrogen (secondary N) is 1. The van der Waals surface area contributed by atoms with E-state index in [1.807, 2.05) is 43.3 Å². The molecule has 0 saturated heterocycles. The van der Waals surface area contributed by atoms with E-state index in [4.69, 9.17) is 16.3 Å². The number of hydrogen-bond acceptors (Lipinski definition) is 7. The Morgan fingerprint density at radius 2 is 2.10 bits per heavy atom. The van der Waals surface area contributed by atoms with E-state index in [-0.39, 0.29) is 6.61 Å². The van der Waals surface area contributed by atoms with Crippen molar-refractivity contribution in [1.82, 2.24) is 19.7 Å². The SMILES string of the molecule is C=CCOC(=O)C1=C(C)Nc2nc(SCc3ccccc3Cl)nn2[C@H]1c1ccncc1. The van der Waals surface area contributed by atoms with Gasteiger partial charge in [0, 0.05) is 28.9 Å². The van der Waals surface area contributed by atoms with E-state index in [1.54, 1.807) is 17.1 Å². The van der Waals surface area contributed by atoms with Crippen LogP contribution in [0.25, 0.3) is 0 Å². The minimum atomic E-state index is -0.487. The molecule has 158 valence electrons. The zero-order valence-electron chi connectivity index (χ0n) is 16.8. The second kappa shape index (κ2) is 9.36. The van der Waals surface area contributed by atoms with Crippen LogP contribution in [0.2, 0.25) is 5.02 Å². The summed E-state index contributed by atoms with van der Waals surface area (Å²) >= 11 is 7.74. The first-order valence-electron chi connectivity index (χ1n) is 9.57. The molecule has 4 rings (SSSR count). The summed E-state index contributed by atoms with van der Waals surface area (Å²) in [7, 11) is 0. The van der Waals surface area contributed by atoms with Gasteiger partial charge in [-0.1, -0.05) is 54.2 Å². The number of halogens is 1. The number of rotatable bonds is 7. The van der Waals surface area contributed by atoms with Crippen LogP contribution in [0.1, 0.15) is 24.1 Å². The fraction of sp³-hybridized carbons (Fsp3) is 0.182. The van der Waals surface area contributed by atoms with Crippen LogP contribution in [-0.2, 0) is 15.3 Å². The number of carbonyl (C=O) groups excluding carboxylic acids is 1. The quantitative estimate of drug-likeness (QED) is 0.317. The Bertz CT molecular complexity index is 1150. The zero-order chi connectivity index (χ0) is 21.8. The molecule has 0 fully saturated rings. The molecule has 2 aromatic heterocycles. The smallest absolute Gasteiger partial charge is 0.338 e. The topological polar surface area (TPSA) is 81.9 Å². The number of thioether (sulfide) groups is 1. The number of aromatic nitrogens is 4. The summed E-state index contributed by atoms with van der Waals surface area (Å²) in [6.45, 7) is 5.56. The summed E-state index contributed by atoms with van der Waals surface area (Å²) in [6.07, 6.45) is 4.90. The van der Waals surface area contributed by atoms with Gasteiger partial charge in [-0.05, 0) is 36.2 Å². The molecule has 1 aromatic carbocycles. The lowest BCUT2D eigenvalue weighted by molar-refractivity contribution is -0.138. The minimum absolute atomic E-state index is 0.127. The van der Waals surface area contributed by atoms with Gasteiger partial charge in [-0.15, -0.1) is 5.10 Å². The first-order chi connectivity index (χ1) is 15.1. The van der Waals surface area contributed by atoms with Gasteiger partial charge in [-0.25, -0.2) is 9.48 Å². The summed E-state index contributed by atoms with van der Waals surface area (Å²) in [5.74, 6) is 0.753. The van der Waals surface area contributed by atoms with Gasteiger partial charge in [0.1, 0.15) is 12.6 Å². The van der Waals surface area contributed by atoms with E-state index >= 15 is 0 Å². The predicted molar refractivity (Wildman–Crippen MR) is 121 cm³/mol. The normalized spacial score (nSPS) is 15.2. The number of pyridine rings is 1. The highest BCUT2D eigenvalue weighted by Gasteiger charge is 2.35. The monoisotopic (exact) mass is 453 g/mol. The van der Waals surface area contributed by atoms with Gasteiger partial charge < -0.3 is 10.1 Å². The summed E-state index contributed by atoms with van der Waals surface area (Å²) in [6, 6.07) is 10.9. The zero-order valence-corrected chi connectivity index (χ0v) is 18.4. The van der Waals surface area contributed by atoms with Gasteiger partial charge >= 0.3 is 5.97 Å². The second-order valence-corrected chi connectivity index (χ2v) is 8.13. The van der Waals surface area contributed by atoms with Gasteiger partial charge in [0.15, 0.2) is 0 Å². The standard InChI is InChI=1S/C22H20ClN5O2S/c1-3-12-30-20(29)18-14(2)25-21-26-22(31-13-16-6-4-5-7-17(16)23)27-28(21)19(18)15-8-10-24-11-9-15/h3-11,19H,1,12-13H2,2H3,(H,25,26,27)/t19-/m0/s1. The number of esters is 1. The van der Waals surface area contributed by atoms with Crippen molar-refractivity contribution in [2.45, 2.75) is 23.9 Å². The van der Waals surface area contributed by atoms with E-state index in [2.05, 4.69) is 27.0 Å². The van der Waals surface area contributed by atoms with Crippen molar-refractivity contribution in [3.63, 3.8) is 0 Å². The number of carbonyl (C=O) groups is 1. The van der Waals surface area contributed by atoms with E-state index < -0.39 is 12.0 Å². The Labute approximate surface area is 189 Å². The number of benzene rings is 1. The van der Waals surface area contributed by atoms with Gasteiger partial charge in [0.05, 0.1) is 5.57 Å². The number of hydrogen-bond donors (Lipinski definition) is 1. The molecular formula is C22H20ClN5O2S. The molecule has 7 nitrogen and oxygen atoms in total. The van der Waals surface area contributed by atoms with Crippen LogP contribution >= 0.6 is 23.4 Å². The Morgan fingerprint density at radius 1 is 1.32 bits per heavy atom. The summed E-state index contributed by atoms with van der Waals surface area (Å²) in [4.78, 5) is 21.6. The van der Waals surface area contributed by atoms with E-state index in [1.165, 1.54) is 17.8 Å². The fourth-order valence-electron chi connectivity index (χ4n) is 3.28. The third kappa shape index (κ3) is 4.50. The van der Waals surface area contributed by atoms with Crippen LogP contribution in [0.5, 0.6) is 0 Å². The molecule has 0 spiro atoms. The van der Waals surface area contributed by atoms with Gasteiger partial charge in [-0.2, -0.15) is 4.98 Å². The minimum Gasteiger partial charge on any atom is -0.458 e. The first-order valence-corrected chi connectivity index (χ1v) is 10.9. The van der Waals surface area contributed by atoms with Gasteiger partial charge in [0.2, 0.25) is 11.1 Å².